The Balaban J connectivity index is 1.60. The Morgan fingerprint density at radius 3 is 2.88 bits per heavy atom. The zero-order chi connectivity index (χ0) is 16.9. The number of benzene rings is 1. The normalized spacial score (nSPS) is 12.1. The third-order valence-electron chi connectivity index (χ3n) is 3.25. The molecule has 24 heavy (non-hydrogen) atoms. The van der Waals surface area contributed by atoms with Gasteiger partial charge in [0, 0.05) is 6.07 Å². The van der Waals surface area contributed by atoms with E-state index < -0.39 is 0 Å². The Kier molecular flexibility index (Phi) is 4.90. The van der Waals surface area contributed by atoms with Gasteiger partial charge in [-0.05, 0) is 36.4 Å². The molecule has 0 aliphatic carbocycles. The van der Waals surface area contributed by atoms with E-state index in [0.29, 0.717) is 23.2 Å². The van der Waals surface area contributed by atoms with Gasteiger partial charge in [-0.1, -0.05) is 23.4 Å². The van der Waals surface area contributed by atoms with Crippen LogP contribution in [0, 0.1) is 6.92 Å². The Hall–Kier alpha value is -2.68. The van der Waals surface area contributed by atoms with Gasteiger partial charge in [-0.15, -0.1) is 16.9 Å². The fourth-order valence-corrected chi connectivity index (χ4v) is 2.78. The maximum absolute atomic E-state index is 12.2. The maximum Gasteiger partial charge on any atom is 0.238 e. The number of rotatable bonds is 6. The summed E-state index contributed by atoms with van der Waals surface area (Å²) in [6, 6.07) is 11.3. The highest BCUT2D eigenvalue weighted by molar-refractivity contribution is 7.99. The van der Waals surface area contributed by atoms with Crippen LogP contribution in [0.15, 0.2) is 40.9 Å². The first kappa shape index (κ1) is 16.2. The van der Waals surface area contributed by atoms with Crippen molar-refractivity contribution in [1.29, 1.82) is 0 Å². The second-order valence-corrected chi connectivity index (χ2v) is 6.44. The molecule has 0 fully saturated rings. The molecule has 1 atom stereocenters. The predicted octanol–water partition coefficient (Wildman–Crippen LogP) is 2.22. The molecule has 1 N–H and O–H groups in total. The molecule has 0 aliphatic rings. The molecule has 0 radical (unpaired) electrons. The summed E-state index contributed by atoms with van der Waals surface area (Å²) >= 11 is 1.44. The van der Waals surface area contributed by atoms with Crippen LogP contribution in [0.25, 0.3) is 5.69 Å². The number of amides is 1. The second-order valence-electron chi connectivity index (χ2n) is 5.11. The van der Waals surface area contributed by atoms with Crippen LogP contribution in [-0.4, -0.2) is 36.5 Å². The van der Waals surface area contributed by atoms with Crippen molar-refractivity contribution in [1.82, 2.24) is 25.4 Å². The first-order valence-corrected chi connectivity index (χ1v) is 8.37. The summed E-state index contributed by atoms with van der Waals surface area (Å²) in [5.74, 6) is 2.11. The van der Waals surface area contributed by atoms with Gasteiger partial charge in [0.15, 0.2) is 11.6 Å². The van der Waals surface area contributed by atoms with Gasteiger partial charge in [0.05, 0.1) is 16.7 Å². The van der Waals surface area contributed by atoms with Gasteiger partial charge in [0.25, 0.3) is 0 Å². The molecule has 9 heteroatoms. The van der Waals surface area contributed by atoms with Crippen molar-refractivity contribution >= 4 is 23.5 Å². The Morgan fingerprint density at radius 2 is 2.17 bits per heavy atom. The minimum absolute atomic E-state index is 0.146. The predicted molar refractivity (Wildman–Crippen MR) is 89.8 cm³/mol. The number of thioether (sulfide) groups is 1. The van der Waals surface area contributed by atoms with E-state index in [-0.39, 0.29) is 11.2 Å². The molecule has 8 nitrogen and oxygen atoms in total. The maximum atomic E-state index is 12.2. The van der Waals surface area contributed by atoms with E-state index in [2.05, 4.69) is 26.0 Å². The van der Waals surface area contributed by atoms with E-state index in [0.717, 1.165) is 5.69 Å². The molecule has 0 spiro atoms. The van der Waals surface area contributed by atoms with Gasteiger partial charge in [-0.2, -0.15) is 4.68 Å². The molecule has 1 aromatic carbocycles. The number of para-hydroxylation sites is 1. The lowest BCUT2D eigenvalue weighted by molar-refractivity contribution is -0.115. The smallest absolute Gasteiger partial charge is 0.238 e. The average molecular weight is 344 g/mol. The molecule has 2 heterocycles. The van der Waals surface area contributed by atoms with Crippen LogP contribution in [0.3, 0.4) is 0 Å². The fourth-order valence-electron chi connectivity index (χ4n) is 1.99. The monoisotopic (exact) mass is 344 g/mol. The number of aryl methyl sites for hydroxylation is 1. The van der Waals surface area contributed by atoms with E-state index in [4.69, 9.17) is 4.52 Å². The second kappa shape index (κ2) is 7.26. The zero-order valence-corrected chi connectivity index (χ0v) is 14.0. The van der Waals surface area contributed by atoms with Crippen molar-refractivity contribution in [2.24, 2.45) is 0 Å². The molecule has 124 valence electrons. The number of aromatic nitrogens is 5. The molecule has 0 aliphatic heterocycles. The number of nitrogens with zero attached hydrogens (tertiary/aromatic N) is 5. The van der Waals surface area contributed by atoms with Gasteiger partial charge in [-0.25, -0.2) is 0 Å². The highest BCUT2D eigenvalue weighted by Gasteiger charge is 2.17. The fraction of sp³-hybridized carbons (Fsp3) is 0.267. The number of anilines is 1. The third-order valence-corrected chi connectivity index (χ3v) is 4.38. The van der Waals surface area contributed by atoms with E-state index in [1.807, 2.05) is 37.3 Å². The number of tetrazole rings is 1. The average Bonchev–Trinajstić information content (AvgIpc) is 3.22. The standard InChI is InChI=1S/C15H16N6O2S/c1-10-8-13(18-23-10)16-15(22)11(2)24-9-14-17-19-20-21(14)12-6-4-3-5-7-12/h3-8,11H,9H2,1-2H3,(H,16,18,22)/t11-/m0/s1. The summed E-state index contributed by atoms with van der Waals surface area (Å²) in [6.07, 6.45) is 0. The van der Waals surface area contributed by atoms with Crippen LogP contribution in [0.2, 0.25) is 0 Å². The lowest BCUT2D eigenvalue weighted by Gasteiger charge is -2.10. The van der Waals surface area contributed by atoms with Gasteiger partial charge in [-0.3, -0.25) is 4.79 Å². The Bertz CT molecular complexity index is 816. The number of hydrogen-bond acceptors (Lipinski definition) is 7. The largest absolute Gasteiger partial charge is 0.360 e. The van der Waals surface area contributed by atoms with Crippen LogP contribution in [-0.2, 0) is 10.5 Å². The van der Waals surface area contributed by atoms with E-state index >= 15 is 0 Å². The number of carbonyl (C=O) groups is 1. The lowest BCUT2D eigenvalue weighted by Crippen LogP contribution is -2.23. The minimum atomic E-state index is -0.289. The molecule has 0 unspecified atom stereocenters. The van der Waals surface area contributed by atoms with Crippen LogP contribution >= 0.6 is 11.8 Å². The summed E-state index contributed by atoms with van der Waals surface area (Å²) in [6.45, 7) is 3.59. The van der Waals surface area contributed by atoms with Crippen LogP contribution < -0.4 is 5.32 Å². The number of hydrogen-bond donors (Lipinski definition) is 1. The molecule has 0 saturated heterocycles. The van der Waals surface area contributed by atoms with Crippen LogP contribution in [0.5, 0.6) is 0 Å². The van der Waals surface area contributed by atoms with Crippen molar-refractivity contribution in [3.8, 4) is 5.69 Å². The van der Waals surface area contributed by atoms with Crippen molar-refractivity contribution in [2.75, 3.05) is 5.32 Å². The number of carbonyl (C=O) groups excluding carboxylic acids is 1. The Labute approximate surface area is 142 Å². The SMILES string of the molecule is Cc1cc(NC(=O)[C@H](C)SCc2nnnn2-c2ccccc2)no1. The summed E-state index contributed by atoms with van der Waals surface area (Å²) in [7, 11) is 0. The van der Waals surface area contributed by atoms with E-state index in [9.17, 15) is 4.79 Å². The Morgan fingerprint density at radius 1 is 1.38 bits per heavy atom. The molecule has 1 amide bonds. The highest BCUT2D eigenvalue weighted by atomic mass is 32.2. The molecule has 2 aromatic heterocycles. The topological polar surface area (TPSA) is 98.7 Å². The van der Waals surface area contributed by atoms with Gasteiger partial charge in [0.1, 0.15) is 5.76 Å². The first-order chi connectivity index (χ1) is 11.6. The summed E-state index contributed by atoms with van der Waals surface area (Å²) in [5.41, 5.74) is 0.883. The first-order valence-electron chi connectivity index (χ1n) is 7.32. The summed E-state index contributed by atoms with van der Waals surface area (Å²) in [4.78, 5) is 12.2. The molecule has 3 aromatic rings. The molecular formula is C15H16N6O2S. The summed E-state index contributed by atoms with van der Waals surface area (Å²) in [5, 5.41) is 17.9. The summed E-state index contributed by atoms with van der Waals surface area (Å²) < 4.78 is 6.59. The van der Waals surface area contributed by atoms with Crippen LogP contribution in [0.4, 0.5) is 5.82 Å². The van der Waals surface area contributed by atoms with Crippen molar-refractivity contribution < 1.29 is 9.32 Å². The van der Waals surface area contributed by atoms with E-state index in [1.54, 1.807) is 17.7 Å². The zero-order valence-electron chi connectivity index (χ0n) is 13.2. The number of nitrogens with one attached hydrogen (secondary N) is 1. The van der Waals surface area contributed by atoms with Crippen molar-refractivity contribution in [2.45, 2.75) is 24.9 Å². The lowest BCUT2D eigenvalue weighted by atomic mass is 10.3. The van der Waals surface area contributed by atoms with Crippen LogP contribution in [0.1, 0.15) is 18.5 Å². The third kappa shape index (κ3) is 3.80. The quantitative estimate of drug-likeness (QED) is 0.732. The van der Waals surface area contributed by atoms with Gasteiger partial charge in [0.2, 0.25) is 5.91 Å². The van der Waals surface area contributed by atoms with Crippen molar-refractivity contribution in [3.05, 3.63) is 48.0 Å². The van der Waals surface area contributed by atoms with Crippen molar-refractivity contribution in [3.63, 3.8) is 0 Å². The highest BCUT2D eigenvalue weighted by Crippen LogP contribution is 2.19. The molecule has 3 rings (SSSR count). The van der Waals surface area contributed by atoms with Gasteiger partial charge < -0.3 is 9.84 Å². The molecular weight excluding hydrogens is 328 g/mol. The van der Waals surface area contributed by atoms with Gasteiger partial charge >= 0.3 is 0 Å². The molecule has 0 saturated carbocycles. The minimum Gasteiger partial charge on any atom is -0.360 e. The molecule has 0 bridgehead atoms. The van der Waals surface area contributed by atoms with E-state index in [1.165, 1.54) is 11.8 Å².